The average Bonchev–Trinajstić information content (AvgIpc) is 2.78. The standard InChI is InChI=1S/C16H21N3O2/c1-9(2)19-16(17)13(8-20)15(18-19)12-6-10(3)11(4)7-14(12)21-5/h6-9H,17H2,1-5H3. The van der Waals surface area contributed by atoms with Gasteiger partial charge in [-0.25, -0.2) is 4.68 Å². The molecule has 0 unspecified atom stereocenters. The van der Waals surface area contributed by atoms with Crippen LogP contribution in [-0.4, -0.2) is 23.2 Å². The van der Waals surface area contributed by atoms with Gasteiger partial charge in [0, 0.05) is 11.6 Å². The van der Waals surface area contributed by atoms with Gasteiger partial charge in [-0.3, -0.25) is 4.79 Å². The van der Waals surface area contributed by atoms with Crippen LogP contribution in [0.3, 0.4) is 0 Å². The predicted molar refractivity (Wildman–Crippen MR) is 83.9 cm³/mol. The number of aldehydes is 1. The van der Waals surface area contributed by atoms with Crippen LogP contribution in [0.15, 0.2) is 12.1 Å². The maximum atomic E-state index is 11.4. The van der Waals surface area contributed by atoms with Gasteiger partial charge < -0.3 is 10.5 Å². The van der Waals surface area contributed by atoms with E-state index in [0.29, 0.717) is 22.8 Å². The highest BCUT2D eigenvalue weighted by Crippen LogP contribution is 2.35. The molecule has 0 saturated carbocycles. The molecule has 112 valence electrons. The van der Waals surface area contributed by atoms with Gasteiger partial charge in [-0.15, -0.1) is 0 Å². The van der Waals surface area contributed by atoms with Crippen molar-refractivity contribution < 1.29 is 9.53 Å². The average molecular weight is 287 g/mol. The van der Waals surface area contributed by atoms with Crippen LogP contribution in [0.5, 0.6) is 5.75 Å². The molecule has 0 spiro atoms. The minimum Gasteiger partial charge on any atom is -0.496 e. The predicted octanol–water partition coefficient (Wildman–Crippen LogP) is 3.15. The van der Waals surface area contributed by atoms with E-state index < -0.39 is 0 Å². The topological polar surface area (TPSA) is 70.1 Å². The van der Waals surface area contributed by atoms with Crippen molar-refractivity contribution in [3.63, 3.8) is 0 Å². The first kappa shape index (κ1) is 15.1. The van der Waals surface area contributed by atoms with Gasteiger partial charge in [-0.05, 0) is 51.0 Å². The van der Waals surface area contributed by atoms with Gasteiger partial charge in [0.25, 0.3) is 0 Å². The van der Waals surface area contributed by atoms with E-state index in [4.69, 9.17) is 10.5 Å². The Balaban J connectivity index is 2.75. The van der Waals surface area contributed by atoms with E-state index >= 15 is 0 Å². The minimum absolute atomic E-state index is 0.0787. The second-order valence-corrected chi connectivity index (χ2v) is 5.44. The molecule has 0 saturated heterocycles. The van der Waals surface area contributed by atoms with Crippen molar-refractivity contribution in [2.24, 2.45) is 0 Å². The van der Waals surface area contributed by atoms with Gasteiger partial charge in [0.15, 0.2) is 6.29 Å². The van der Waals surface area contributed by atoms with Gasteiger partial charge in [0.2, 0.25) is 0 Å². The molecule has 0 atom stereocenters. The maximum absolute atomic E-state index is 11.4. The summed E-state index contributed by atoms with van der Waals surface area (Å²) in [6.45, 7) is 7.98. The lowest BCUT2D eigenvalue weighted by molar-refractivity contribution is 0.112. The third-order valence-electron chi connectivity index (χ3n) is 3.66. The molecule has 0 aliphatic heterocycles. The number of aromatic nitrogens is 2. The van der Waals surface area contributed by atoms with Crippen molar-refractivity contribution in [3.8, 4) is 17.0 Å². The SMILES string of the molecule is COc1cc(C)c(C)cc1-c1nn(C(C)C)c(N)c1C=O. The van der Waals surface area contributed by atoms with Crippen LogP contribution in [-0.2, 0) is 0 Å². The monoisotopic (exact) mass is 287 g/mol. The number of aryl methyl sites for hydroxylation is 2. The summed E-state index contributed by atoms with van der Waals surface area (Å²) in [6, 6.07) is 4.01. The molecule has 1 aromatic carbocycles. The molecule has 1 heterocycles. The molecule has 0 fully saturated rings. The van der Waals surface area contributed by atoms with Gasteiger partial charge in [-0.2, -0.15) is 5.10 Å². The fourth-order valence-corrected chi connectivity index (χ4v) is 2.31. The number of hydrogen-bond acceptors (Lipinski definition) is 4. The zero-order valence-electron chi connectivity index (χ0n) is 13.1. The molecule has 0 bridgehead atoms. The number of ether oxygens (including phenoxy) is 1. The molecular formula is C16H21N3O2. The number of nitrogens with two attached hydrogens (primary N) is 1. The van der Waals surface area contributed by atoms with E-state index in [-0.39, 0.29) is 6.04 Å². The molecule has 0 amide bonds. The highest BCUT2D eigenvalue weighted by Gasteiger charge is 2.21. The summed E-state index contributed by atoms with van der Waals surface area (Å²) < 4.78 is 7.10. The molecule has 0 radical (unpaired) electrons. The molecule has 2 aromatic rings. The van der Waals surface area contributed by atoms with E-state index in [1.54, 1.807) is 11.8 Å². The first-order chi connectivity index (χ1) is 9.90. The summed E-state index contributed by atoms with van der Waals surface area (Å²) in [4.78, 5) is 11.4. The Labute approximate surface area is 124 Å². The Bertz CT molecular complexity index is 687. The van der Waals surface area contributed by atoms with Crippen molar-refractivity contribution in [1.29, 1.82) is 0 Å². The van der Waals surface area contributed by atoms with Crippen molar-refractivity contribution in [2.45, 2.75) is 33.7 Å². The number of nitrogens with zero attached hydrogens (tertiary/aromatic N) is 2. The van der Waals surface area contributed by atoms with Crippen LogP contribution in [0.4, 0.5) is 5.82 Å². The summed E-state index contributed by atoms with van der Waals surface area (Å²) in [5, 5.41) is 4.51. The number of carbonyl (C=O) groups excluding carboxylic acids is 1. The zero-order valence-corrected chi connectivity index (χ0v) is 13.1. The Kier molecular flexibility index (Phi) is 4.02. The third kappa shape index (κ3) is 2.51. The van der Waals surface area contributed by atoms with E-state index in [1.165, 1.54) is 0 Å². The van der Waals surface area contributed by atoms with Gasteiger partial charge in [-0.1, -0.05) is 0 Å². The quantitative estimate of drug-likeness (QED) is 0.877. The van der Waals surface area contributed by atoms with Crippen LogP contribution in [0.2, 0.25) is 0 Å². The van der Waals surface area contributed by atoms with Crippen molar-refractivity contribution in [2.75, 3.05) is 12.8 Å². The second kappa shape index (κ2) is 5.60. The summed E-state index contributed by atoms with van der Waals surface area (Å²) in [7, 11) is 1.61. The Morgan fingerprint density at radius 3 is 2.43 bits per heavy atom. The normalized spacial score (nSPS) is 11.0. The highest BCUT2D eigenvalue weighted by atomic mass is 16.5. The first-order valence-electron chi connectivity index (χ1n) is 6.89. The molecule has 2 rings (SSSR count). The number of carbonyl (C=O) groups is 1. The number of rotatable bonds is 4. The van der Waals surface area contributed by atoms with Crippen LogP contribution in [0.1, 0.15) is 41.4 Å². The molecule has 5 nitrogen and oxygen atoms in total. The number of methoxy groups -OCH3 is 1. The third-order valence-corrected chi connectivity index (χ3v) is 3.66. The molecule has 5 heteroatoms. The largest absolute Gasteiger partial charge is 0.496 e. The van der Waals surface area contributed by atoms with Crippen LogP contribution >= 0.6 is 0 Å². The van der Waals surface area contributed by atoms with Crippen LogP contribution in [0.25, 0.3) is 11.3 Å². The van der Waals surface area contributed by atoms with Crippen LogP contribution < -0.4 is 10.5 Å². The van der Waals surface area contributed by atoms with E-state index in [1.807, 2.05) is 39.8 Å². The molecule has 1 aromatic heterocycles. The maximum Gasteiger partial charge on any atom is 0.156 e. The Hall–Kier alpha value is -2.30. The molecule has 0 aliphatic rings. The van der Waals surface area contributed by atoms with E-state index in [0.717, 1.165) is 23.0 Å². The zero-order chi connectivity index (χ0) is 15.7. The lowest BCUT2D eigenvalue weighted by Crippen LogP contribution is -2.07. The van der Waals surface area contributed by atoms with Gasteiger partial charge in [0.1, 0.15) is 17.3 Å². The van der Waals surface area contributed by atoms with Crippen LogP contribution in [0, 0.1) is 13.8 Å². The van der Waals surface area contributed by atoms with Crippen molar-refractivity contribution in [3.05, 3.63) is 28.8 Å². The smallest absolute Gasteiger partial charge is 0.156 e. The highest BCUT2D eigenvalue weighted by molar-refractivity contribution is 5.93. The summed E-state index contributed by atoms with van der Waals surface area (Å²) in [5.74, 6) is 1.07. The number of nitrogen functional groups attached to an aromatic ring is 1. The van der Waals surface area contributed by atoms with Crippen molar-refractivity contribution in [1.82, 2.24) is 9.78 Å². The number of anilines is 1. The second-order valence-electron chi connectivity index (χ2n) is 5.44. The fraction of sp³-hybridized carbons (Fsp3) is 0.375. The van der Waals surface area contributed by atoms with Gasteiger partial charge >= 0.3 is 0 Å². The lowest BCUT2D eigenvalue weighted by Gasteiger charge is -2.10. The van der Waals surface area contributed by atoms with E-state index in [2.05, 4.69) is 5.10 Å². The molecule has 21 heavy (non-hydrogen) atoms. The number of hydrogen-bond donors (Lipinski definition) is 1. The Morgan fingerprint density at radius 2 is 1.90 bits per heavy atom. The molecule has 2 N–H and O–H groups in total. The molecule has 0 aliphatic carbocycles. The van der Waals surface area contributed by atoms with E-state index in [9.17, 15) is 4.79 Å². The summed E-state index contributed by atoms with van der Waals surface area (Å²) in [5.41, 5.74) is 10.0. The summed E-state index contributed by atoms with van der Waals surface area (Å²) >= 11 is 0. The lowest BCUT2D eigenvalue weighted by atomic mass is 10.0. The van der Waals surface area contributed by atoms with Crippen molar-refractivity contribution >= 4 is 12.1 Å². The first-order valence-corrected chi connectivity index (χ1v) is 6.89. The van der Waals surface area contributed by atoms with Gasteiger partial charge in [0.05, 0.1) is 12.7 Å². The Morgan fingerprint density at radius 1 is 1.29 bits per heavy atom. The molecular weight excluding hydrogens is 266 g/mol. The summed E-state index contributed by atoms with van der Waals surface area (Å²) in [6.07, 6.45) is 0.755. The number of benzene rings is 1. The fourth-order valence-electron chi connectivity index (χ4n) is 2.31. The minimum atomic E-state index is 0.0787.